The molecule has 0 bridgehead atoms. The molecule has 0 spiro atoms. The van der Waals surface area contributed by atoms with Gasteiger partial charge in [-0.15, -0.1) is 0 Å². The van der Waals surface area contributed by atoms with Crippen molar-refractivity contribution in [3.63, 3.8) is 0 Å². The molecular weight excluding hydrogens is 944 g/mol. The number of anilines is 2. The molecule has 0 radical (unpaired) electrons. The Balaban J connectivity index is 0.000000261. The van der Waals surface area contributed by atoms with Gasteiger partial charge in [-0.3, -0.25) is 0 Å². The molecule has 16 nitrogen and oxygen atoms in total. The number of carbonyl (C=O) groups excluding carboxylic acids is 1. The highest BCUT2D eigenvalue weighted by molar-refractivity contribution is 7.89. The van der Waals surface area contributed by atoms with E-state index in [4.69, 9.17) is 29.4 Å². The maximum Gasteiger partial charge on any atom is 0.440 e. The summed E-state index contributed by atoms with van der Waals surface area (Å²) in [6, 6.07) is 28.8. The van der Waals surface area contributed by atoms with Gasteiger partial charge < -0.3 is 49.3 Å². The highest BCUT2D eigenvalue weighted by Gasteiger charge is 2.44. The van der Waals surface area contributed by atoms with Gasteiger partial charge >= 0.3 is 20.2 Å². The summed E-state index contributed by atoms with van der Waals surface area (Å²) in [6.45, 7) is 19.8. The van der Waals surface area contributed by atoms with Gasteiger partial charge in [0.05, 0.1) is 54.8 Å². The molecule has 400 valence electrons. The lowest BCUT2D eigenvalue weighted by atomic mass is 9.85. The van der Waals surface area contributed by atoms with Crippen LogP contribution in [0.1, 0.15) is 97.6 Å². The zero-order valence-electron chi connectivity index (χ0n) is 45.1. The number of hydrogen-bond donors (Lipinski definition) is 4. The minimum absolute atomic E-state index is 0.0141. The SMILES string of the molecule is CB(O)N(C)c1cccc(C)c1.CC(C)(CCCC#N)CNC[C@@H](O)[C@H](Cc1ccccc1)NC(=O)O[C@H]1CO[C@H]2OCC[C@H]21.CC(C)CN(CC(C)(C)CCCC#N)S(=O)(=O)c1cccc(N(C)B2CO2)c1. The highest BCUT2D eigenvalue weighted by atomic mass is 32.2. The van der Waals surface area contributed by atoms with Crippen molar-refractivity contribution >= 4 is 41.6 Å². The summed E-state index contributed by atoms with van der Waals surface area (Å²) in [5.74, 6) is 0.286. The molecule has 19 heteroatoms. The number of alkyl carbamates (subject to hydrolysis) is 1. The number of unbranched alkanes of at least 4 members (excludes halogenated alkanes) is 2. The number of ether oxygens (including phenoxy) is 3. The number of fused-ring (bicyclic) bond motifs is 1. The second-order valence-electron chi connectivity index (χ2n) is 21.6. The first kappa shape index (κ1) is 60.9. The number of benzene rings is 3. The van der Waals surface area contributed by atoms with E-state index >= 15 is 0 Å². The second kappa shape index (κ2) is 29.4. The highest BCUT2D eigenvalue weighted by Crippen LogP contribution is 2.34. The Hall–Kier alpha value is -4.69. The molecule has 3 heterocycles. The van der Waals surface area contributed by atoms with Crippen molar-refractivity contribution in [1.82, 2.24) is 14.9 Å². The number of aliphatic hydroxyl groups is 1. The Morgan fingerprint density at radius 3 is 2.21 bits per heavy atom. The number of hydrogen-bond acceptors (Lipinski definition) is 14. The van der Waals surface area contributed by atoms with Gasteiger partial charge in [-0.05, 0) is 125 Å². The van der Waals surface area contributed by atoms with Gasteiger partial charge in [0.1, 0.15) is 6.10 Å². The van der Waals surface area contributed by atoms with Gasteiger partial charge in [-0.1, -0.05) is 90.1 Å². The largest absolute Gasteiger partial charge is 0.443 e. The molecule has 4 N–H and O–H groups in total. The Morgan fingerprint density at radius 2 is 1.59 bits per heavy atom. The van der Waals surface area contributed by atoms with Crippen LogP contribution in [0.5, 0.6) is 0 Å². The molecule has 3 aromatic rings. The summed E-state index contributed by atoms with van der Waals surface area (Å²) in [6.07, 6.45) is 3.76. The van der Waals surface area contributed by atoms with Crippen molar-refractivity contribution in [3.8, 4) is 12.1 Å². The normalized spacial score (nSPS) is 18.0. The Bertz CT molecular complexity index is 2330. The van der Waals surface area contributed by atoms with E-state index in [0.717, 1.165) is 49.0 Å². The second-order valence-corrected chi connectivity index (χ2v) is 23.6. The first-order valence-corrected chi connectivity index (χ1v) is 27.3. The van der Waals surface area contributed by atoms with Crippen LogP contribution in [0.25, 0.3) is 0 Å². The number of sulfonamides is 1. The van der Waals surface area contributed by atoms with Crippen molar-refractivity contribution < 1.29 is 42.2 Å². The van der Waals surface area contributed by atoms with Crippen LogP contribution in [0.15, 0.2) is 83.8 Å². The third kappa shape index (κ3) is 20.9. The maximum absolute atomic E-state index is 13.5. The fourth-order valence-corrected chi connectivity index (χ4v) is 10.7. The van der Waals surface area contributed by atoms with E-state index in [9.17, 15) is 23.3 Å². The summed E-state index contributed by atoms with van der Waals surface area (Å²) in [5.41, 5.74) is 3.92. The Labute approximate surface area is 438 Å². The fourth-order valence-electron chi connectivity index (χ4n) is 8.82. The summed E-state index contributed by atoms with van der Waals surface area (Å²) >= 11 is 0. The zero-order chi connectivity index (χ0) is 53.8. The molecule has 5 atom stereocenters. The Morgan fingerprint density at radius 1 is 0.945 bits per heavy atom. The number of rotatable bonds is 25. The van der Waals surface area contributed by atoms with Crippen LogP contribution in [-0.4, -0.2) is 128 Å². The number of aryl methyl sites for hydroxylation is 1. The smallest absolute Gasteiger partial charge is 0.440 e. The average Bonchev–Trinajstić information content (AvgIpc) is 3.97. The lowest BCUT2D eigenvalue weighted by Crippen LogP contribution is -2.50. The van der Waals surface area contributed by atoms with Crippen molar-refractivity contribution in [1.29, 1.82) is 10.5 Å². The van der Waals surface area contributed by atoms with Gasteiger partial charge in [-0.25, -0.2) is 13.2 Å². The number of nitrogens with zero attached hydrogens (tertiary/aromatic N) is 5. The van der Waals surface area contributed by atoms with E-state index in [2.05, 4.69) is 50.5 Å². The summed E-state index contributed by atoms with van der Waals surface area (Å²) in [7, 11) is -0.243. The van der Waals surface area contributed by atoms with Gasteiger partial charge in [0, 0.05) is 50.4 Å². The van der Waals surface area contributed by atoms with Crippen LogP contribution in [0, 0.1) is 52.3 Å². The predicted molar refractivity (Wildman–Crippen MR) is 290 cm³/mol. The molecule has 3 aliphatic rings. The standard InChI is InChI=1S/C25H37N3O5.C20H32BN3O3S.C9H14BNO/c1-25(2,11-6-7-12-26)17-27-15-21(29)20(14-18-8-4-3-5-9-18)28-24(30)33-22-16-32-23-19(22)10-13-31-23;1-17(2)14-24(15-20(3,4)11-6-7-12-22)28(25,26)19-10-8-9-18(13-19)23(5)21-16-27-21;1-8-5-4-6-9(7-8)11(3)10(2)12/h3-5,8-9,19-23,27,29H,6-7,10-11,13-17H2,1-2H3,(H,28,30);8-10,13,17H,6-7,11,14-16H2,1-5H3;4-7,12H,1-3H3/t19-,20-,21+,22-,23+;;/m0../s1. The van der Waals surface area contributed by atoms with Crippen LogP contribution in [0.2, 0.25) is 6.82 Å². The van der Waals surface area contributed by atoms with Gasteiger partial charge in [0.2, 0.25) is 10.0 Å². The first-order chi connectivity index (χ1) is 34.5. The molecular formula is C54H83B2N7O9S. The van der Waals surface area contributed by atoms with E-state index < -0.39 is 35.3 Å². The number of amides is 1. The molecule has 6 rings (SSSR count). The minimum Gasteiger partial charge on any atom is -0.443 e. The molecule has 73 heavy (non-hydrogen) atoms. The van der Waals surface area contributed by atoms with Crippen LogP contribution in [0.3, 0.4) is 0 Å². The van der Waals surface area contributed by atoms with E-state index in [1.54, 1.807) is 29.3 Å². The van der Waals surface area contributed by atoms with Crippen molar-refractivity contribution in [3.05, 3.63) is 90.0 Å². The molecule has 3 aliphatic heterocycles. The third-order valence-electron chi connectivity index (χ3n) is 13.3. The van der Waals surface area contributed by atoms with E-state index in [0.29, 0.717) is 70.1 Å². The van der Waals surface area contributed by atoms with Gasteiger partial charge in [-0.2, -0.15) is 14.8 Å². The fraction of sp³-hybridized carbons (Fsp3) is 0.611. The molecule has 3 aromatic carbocycles. The topological polar surface area (TPSA) is 213 Å². The number of aliphatic hydroxyl groups excluding tert-OH is 1. The first-order valence-electron chi connectivity index (χ1n) is 25.8. The third-order valence-corrected chi connectivity index (χ3v) is 15.1. The van der Waals surface area contributed by atoms with Gasteiger partial charge in [0.15, 0.2) is 6.29 Å². The van der Waals surface area contributed by atoms with Crippen molar-refractivity contribution in [2.75, 3.05) is 69.6 Å². The van der Waals surface area contributed by atoms with E-state index in [1.165, 1.54) is 5.56 Å². The number of carbonyl (C=O) groups is 1. The van der Waals surface area contributed by atoms with E-state index in [-0.39, 0.29) is 42.1 Å². The maximum atomic E-state index is 13.5. The summed E-state index contributed by atoms with van der Waals surface area (Å²) < 4.78 is 50.5. The van der Waals surface area contributed by atoms with Crippen LogP contribution < -0.4 is 20.3 Å². The van der Waals surface area contributed by atoms with Crippen LogP contribution in [-0.2, 0) is 35.3 Å². The van der Waals surface area contributed by atoms with Gasteiger partial charge in [0.25, 0.3) is 0 Å². The molecule has 0 aliphatic carbocycles. The summed E-state index contributed by atoms with van der Waals surface area (Å²) in [5, 5.41) is 44.0. The zero-order valence-corrected chi connectivity index (χ0v) is 45.9. The average molecular weight is 1030 g/mol. The lowest BCUT2D eigenvalue weighted by molar-refractivity contribution is -0.0907. The van der Waals surface area contributed by atoms with E-state index in [1.807, 2.05) is 105 Å². The Kier molecular flexibility index (Phi) is 24.5. The predicted octanol–water partition coefficient (Wildman–Crippen LogP) is 7.84. The molecule has 3 saturated heterocycles. The molecule has 0 unspecified atom stereocenters. The number of nitriles is 2. The minimum atomic E-state index is -3.62. The molecule has 1 amide bonds. The van der Waals surface area contributed by atoms with Crippen LogP contribution >= 0.6 is 0 Å². The van der Waals surface area contributed by atoms with Crippen LogP contribution in [0.4, 0.5) is 16.2 Å². The quantitative estimate of drug-likeness (QED) is 0.0362. The van der Waals surface area contributed by atoms with Crippen molar-refractivity contribution in [2.45, 2.75) is 136 Å². The lowest BCUT2D eigenvalue weighted by Gasteiger charge is -2.33. The summed E-state index contributed by atoms with van der Waals surface area (Å²) in [4.78, 5) is 16.8. The molecule has 0 saturated carbocycles. The number of nitrogens with one attached hydrogen (secondary N) is 2. The van der Waals surface area contributed by atoms with Crippen molar-refractivity contribution in [2.24, 2.45) is 22.7 Å². The molecule has 3 fully saturated rings. The molecule has 0 aromatic heterocycles. The monoisotopic (exact) mass is 1030 g/mol.